The summed E-state index contributed by atoms with van der Waals surface area (Å²) in [5.74, 6) is 0.658. The van der Waals surface area contributed by atoms with Gasteiger partial charge in [0, 0.05) is 25.7 Å². The molecular formula is C11H14N4O. The standard InChI is InChI=1S/C11H14N4O/c1-9-3-2-5-13-10(9)7-12-6-4-11-14-8-15-16-11/h2-3,5,8,12H,4,6-7H2,1H3. The number of aromatic nitrogens is 3. The van der Waals surface area contributed by atoms with Crippen LogP contribution in [-0.2, 0) is 13.0 Å². The molecule has 5 nitrogen and oxygen atoms in total. The van der Waals surface area contributed by atoms with Gasteiger partial charge < -0.3 is 9.84 Å². The van der Waals surface area contributed by atoms with Gasteiger partial charge in [0.25, 0.3) is 0 Å². The zero-order valence-electron chi connectivity index (χ0n) is 9.18. The van der Waals surface area contributed by atoms with E-state index in [4.69, 9.17) is 4.52 Å². The molecule has 2 aromatic heterocycles. The van der Waals surface area contributed by atoms with Gasteiger partial charge in [-0.25, -0.2) is 0 Å². The van der Waals surface area contributed by atoms with Crippen molar-refractivity contribution in [1.29, 1.82) is 0 Å². The Labute approximate surface area is 93.9 Å². The van der Waals surface area contributed by atoms with Crippen molar-refractivity contribution in [2.24, 2.45) is 0 Å². The van der Waals surface area contributed by atoms with Gasteiger partial charge in [0.05, 0.1) is 5.69 Å². The molecule has 2 aromatic rings. The minimum atomic E-state index is 0.658. The van der Waals surface area contributed by atoms with E-state index in [0.29, 0.717) is 5.89 Å². The lowest BCUT2D eigenvalue weighted by atomic mass is 10.2. The molecule has 0 bridgehead atoms. The van der Waals surface area contributed by atoms with Crippen LogP contribution in [0.15, 0.2) is 29.2 Å². The van der Waals surface area contributed by atoms with Crippen molar-refractivity contribution >= 4 is 0 Å². The molecular weight excluding hydrogens is 204 g/mol. The van der Waals surface area contributed by atoms with E-state index >= 15 is 0 Å². The number of nitrogens with zero attached hydrogens (tertiary/aromatic N) is 3. The molecule has 0 aromatic carbocycles. The molecule has 0 spiro atoms. The highest BCUT2D eigenvalue weighted by molar-refractivity contribution is 5.17. The smallest absolute Gasteiger partial charge is 0.227 e. The van der Waals surface area contributed by atoms with Crippen LogP contribution in [0.2, 0.25) is 0 Å². The summed E-state index contributed by atoms with van der Waals surface area (Å²) in [4.78, 5) is 8.24. The second-order valence-corrected chi connectivity index (χ2v) is 3.53. The van der Waals surface area contributed by atoms with Crippen LogP contribution in [0.4, 0.5) is 0 Å². The van der Waals surface area contributed by atoms with Crippen molar-refractivity contribution < 1.29 is 4.52 Å². The maximum absolute atomic E-state index is 4.89. The number of rotatable bonds is 5. The number of aryl methyl sites for hydroxylation is 1. The van der Waals surface area contributed by atoms with Gasteiger partial charge in [0.2, 0.25) is 5.89 Å². The van der Waals surface area contributed by atoms with Crippen LogP contribution in [0.25, 0.3) is 0 Å². The molecule has 0 amide bonds. The molecule has 16 heavy (non-hydrogen) atoms. The van der Waals surface area contributed by atoms with Crippen molar-refractivity contribution in [2.75, 3.05) is 6.54 Å². The first-order chi connectivity index (χ1) is 7.86. The van der Waals surface area contributed by atoms with Gasteiger partial charge in [0.1, 0.15) is 0 Å². The molecule has 5 heteroatoms. The fourth-order valence-corrected chi connectivity index (χ4v) is 1.41. The maximum Gasteiger partial charge on any atom is 0.227 e. The Morgan fingerprint density at radius 1 is 1.38 bits per heavy atom. The van der Waals surface area contributed by atoms with Crippen molar-refractivity contribution in [3.8, 4) is 0 Å². The van der Waals surface area contributed by atoms with E-state index in [-0.39, 0.29) is 0 Å². The Kier molecular flexibility index (Phi) is 3.61. The molecule has 0 aliphatic carbocycles. The van der Waals surface area contributed by atoms with Crippen LogP contribution >= 0.6 is 0 Å². The Bertz CT molecular complexity index is 427. The van der Waals surface area contributed by atoms with E-state index in [9.17, 15) is 0 Å². The van der Waals surface area contributed by atoms with Crippen molar-refractivity contribution in [3.63, 3.8) is 0 Å². The fraction of sp³-hybridized carbons (Fsp3) is 0.364. The summed E-state index contributed by atoms with van der Waals surface area (Å²) in [6.45, 7) is 3.63. The second-order valence-electron chi connectivity index (χ2n) is 3.53. The molecule has 84 valence electrons. The fourth-order valence-electron chi connectivity index (χ4n) is 1.41. The molecule has 0 saturated carbocycles. The lowest BCUT2D eigenvalue weighted by Crippen LogP contribution is -2.18. The van der Waals surface area contributed by atoms with Crippen LogP contribution in [-0.4, -0.2) is 21.7 Å². The Balaban J connectivity index is 1.74. The van der Waals surface area contributed by atoms with Gasteiger partial charge in [0.15, 0.2) is 6.33 Å². The predicted octanol–water partition coefficient (Wildman–Crippen LogP) is 1.11. The number of pyridine rings is 1. The lowest BCUT2D eigenvalue weighted by molar-refractivity contribution is 0.374. The van der Waals surface area contributed by atoms with Crippen LogP contribution < -0.4 is 5.32 Å². The summed E-state index contributed by atoms with van der Waals surface area (Å²) >= 11 is 0. The van der Waals surface area contributed by atoms with Gasteiger partial charge in [-0.05, 0) is 18.6 Å². The Morgan fingerprint density at radius 3 is 3.06 bits per heavy atom. The van der Waals surface area contributed by atoms with Crippen LogP contribution in [0, 0.1) is 6.92 Å². The minimum absolute atomic E-state index is 0.658. The average Bonchev–Trinajstić information content (AvgIpc) is 2.79. The molecule has 2 rings (SSSR count). The van der Waals surface area contributed by atoms with E-state index in [1.165, 1.54) is 11.9 Å². The minimum Gasteiger partial charge on any atom is -0.340 e. The molecule has 0 unspecified atom stereocenters. The first kappa shape index (κ1) is 10.8. The van der Waals surface area contributed by atoms with Gasteiger partial charge in [-0.1, -0.05) is 11.2 Å². The highest BCUT2D eigenvalue weighted by Crippen LogP contribution is 2.02. The zero-order chi connectivity index (χ0) is 11.2. The third-order valence-corrected chi connectivity index (χ3v) is 2.33. The molecule has 2 heterocycles. The quantitative estimate of drug-likeness (QED) is 0.761. The van der Waals surface area contributed by atoms with E-state index < -0.39 is 0 Å². The van der Waals surface area contributed by atoms with Gasteiger partial charge >= 0.3 is 0 Å². The molecule has 0 saturated heterocycles. The zero-order valence-corrected chi connectivity index (χ0v) is 9.18. The van der Waals surface area contributed by atoms with Gasteiger partial charge in [-0.3, -0.25) is 4.98 Å². The van der Waals surface area contributed by atoms with E-state index in [1.807, 2.05) is 12.3 Å². The third-order valence-electron chi connectivity index (χ3n) is 2.33. The number of nitrogens with one attached hydrogen (secondary N) is 1. The van der Waals surface area contributed by atoms with Crippen molar-refractivity contribution in [1.82, 2.24) is 20.4 Å². The van der Waals surface area contributed by atoms with Crippen molar-refractivity contribution in [2.45, 2.75) is 19.9 Å². The summed E-state index contributed by atoms with van der Waals surface area (Å²) < 4.78 is 4.89. The number of hydrogen-bond donors (Lipinski definition) is 1. The van der Waals surface area contributed by atoms with E-state index in [2.05, 4.69) is 33.4 Å². The first-order valence-electron chi connectivity index (χ1n) is 5.23. The highest BCUT2D eigenvalue weighted by atomic mass is 16.5. The molecule has 0 aliphatic heterocycles. The average molecular weight is 218 g/mol. The van der Waals surface area contributed by atoms with Gasteiger partial charge in [-0.2, -0.15) is 4.98 Å². The summed E-state index contributed by atoms with van der Waals surface area (Å²) in [6.07, 6.45) is 3.96. The monoisotopic (exact) mass is 218 g/mol. The first-order valence-corrected chi connectivity index (χ1v) is 5.23. The molecule has 0 atom stereocenters. The largest absolute Gasteiger partial charge is 0.340 e. The van der Waals surface area contributed by atoms with Crippen molar-refractivity contribution in [3.05, 3.63) is 41.8 Å². The summed E-state index contributed by atoms with van der Waals surface area (Å²) in [6, 6.07) is 4.00. The molecule has 1 N–H and O–H groups in total. The highest BCUT2D eigenvalue weighted by Gasteiger charge is 2.00. The third kappa shape index (κ3) is 2.87. The topological polar surface area (TPSA) is 63.8 Å². The van der Waals surface area contributed by atoms with Crippen LogP contribution in [0.3, 0.4) is 0 Å². The summed E-state index contributed by atoms with van der Waals surface area (Å²) in [5.41, 5.74) is 2.28. The predicted molar refractivity (Wildman–Crippen MR) is 58.7 cm³/mol. The molecule has 0 radical (unpaired) electrons. The molecule has 0 aliphatic rings. The molecule has 0 fully saturated rings. The second kappa shape index (κ2) is 5.37. The van der Waals surface area contributed by atoms with Crippen LogP contribution in [0.1, 0.15) is 17.1 Å². The van der Waals surface area contributed by atoms with E-state index in [1.54, 1.807) is 0 Å². The van der Waals surface area contributed by atoms with Gasteiger partial charge in [-0.15, -0.1) is 0 Å². The normalized spacial score (nSPS) is 10.6. The summed E-state index contributed by atoms with van der Waals surface area (Å²) in [7, 11) is 0. The Hall–Kier alpha value is -1.75. The SMILES string of the molecule is Cc1cccnc1CNCCc1ncno1. The lowest BCUT2D eigenvalue weighted by Gasteiger charge is -2.04. The Morgan fingerprint density at radius 2 is 2.31 bits per heavy atom. The van der Waals surface area contributed by atoms with Crippen LogP contribution in [0.5, 0.6) is 0 Å². The maximum atomic E-state index is 4.89. The summed E-state index contributed by atoms with van der Waals surface area (Å²) in [5, 5.41) is 6.84. The van der Waals surface area contributed by atoms with E-state index in [0.717, 1.165) is 25.2 Å². The number of hydrogen-bond acceptors (Lipinski definition) is 5.